The van der Waals surface area contributed by atoms with Crippen LogP contribution in [-0.2, 0) is 11.4 Å². The van der Waals surface area contributed by atoms with E-state index in [0.717, 1.165) is 12.8 Å². The SMILES string of the molecule is C=CCC(CC)N[S+]([O-])C(C)(C)C. The molecule has 0 aliphatic heterocycles. The highest BCUT2D eigenvalue weighted by molar-refractivity contribution is 7.90. The lowest BCUT2D eigenvalue weighted by molar-refractivity contribution is 0.513. The van der Waals surface area contributed by atoms with Crippen LogP contribution in [0.25, 0.3) is 0 Å². The van der Waals surface area contributed by atoms with Crippen molar-refractivity contribution in [1.29, 1.82) is 0 Å². The van der Waals surface area contributed by atoms with Gasteiger partial charge in [0.25, 0.3) is 0 Å². The fraction of sp³-hybridized carbons (Fsp3) is 0.800. The Morgan fingerprint density at radius 3 is 2.38 bits per heavy atom. The first-order valence-corrected chi connectivity index (χ1v) is 5.85. The molecule has 0 saturated heterocycles. The Morgan fingerprint density at radius 1 is 1.54 bits per heavy atom. The summed E-state index contributed by atoms with van der Waals surface area (Å²) in [5.41, 5.74) is 0. The van der Waals surface area contributed by atoms with E-state index in [1.807, 2.05) is 26.8 Å². The minimum Gasteiger partial charge on any atom is -0.598 e. The average Bonchev–Trinajstić information content (AvgIpc) is 2.01. The Morgan fingerprint density at radius 2 is 2.08 bits per heavy atom. The van der Waals surface area contributed by atoms with Crippen LogP contribution in [0, 0.1) is 0 Å². The average molecular weight is 203 g/mol. The zero-order valence-corrected chi connectivity index (χ0v) is 9.91. The van der Waals surface area contributed by atoms with Gasteiger partial charge >= 0.3 is 0 Å². The lowest BCUT2D eigenvalue weighted by Gasteiger charge is -2.27. The largest absolute Gasteiger partial charge is 0.598 e. The van der Waals surface area contributed by atoms with Crippen LogP contribution < -0.4 is 4.72 Å². The summed E-state index contributed by atoms with van der Waals surface area (Å²) in [6.07, 6.45) is 3.72. The summed E-state index contributed by atoms with van der Waals surface area (Å²) in [5, 5.41) is 0. The monoisotopic (exact) mass is 203 g/mol. The van der Waals surface area contributed by atoms with Crippen molar-refractivity contribution in [2.24, 2.45) is 0 Å². The molecule has 0 aromatic heterocycles. The quantitative estimate of drug-likeness (QED) is 0.550. The first kappa shape index (κ1) is 13.0. The maximum absolute atomic E-state index is 11.7. The van der Waals surface area contributed by atoms with E-state index >= 15 is 0 Å². The highest BCUT2D eigenvalue weighted by Crippen LogP contribution is 2.15. The molecule has 2 atom stereocenters. The van der Waals surface area contributed by atoms with Crippen LogP contribution in [-0.4, -0.2) is 15.3 Å². The molecule has 2 unspecified atom stereocenters. The van der Waals surface area contributed by atoms with Crippen molar-refractivity contribution >= 4 is 11.4 Å². The maximum Gasteiger partial charge on any atom is 0.136 e. The van der Waals surface area contributed by atoms with Gasteiger partial charge in [-0.3, -0.25) is 0 Å². The molecule has 0 aromatic carbocycles. The number of hydrogen-bond donors (Lipinski definition) is 1. The Labute approximate surface area is 85.1 Å². The second-order valence-corrected chi connectivity index (χ2v) is 6.13. The van der Waals surface area contributed by atoms with E-state index in [9.17, 15) is 4.55 Å². The van der Waals surface area contributed by atoms with E-state index in [0.29, 0.717) is 0 Å². The molecule has 0 aliphatic carbocycles. The van der Waals surface area contributed by atoms with E-state index in [1.165, 1.54) is 0 Å². The fourth-order valence-corrected chi connectivity index (χ4v) is 1.75. The normalized spacial score (nSPS) is 16.7. The summed E-state index contributed by atoms with van der Waals surface area (Å²) >= 11 is -0.967. The summed E-state index contributed by atoms with van der Waals surface area (Å²) < 4.78 is 14.6. The van der Waals surface area contributed by atoms with Crippen LogP contribution in [0.5, 0.6) is 0 Å². The molecule has 0 bridgehead atoms. The van der Waals surface area contributed by atoms with E-state index in [4.69, 9.17) is 0 Å². The van der Waals surface area contributed by atoms with Crippen molar-refractivity contribution in [2.45, 2.75) is 51.3 Å². The van der Waals surface area contributed by atoms with Gasteiger partial charge in [-0.15, -0.1) is 11.3 Å². The van der Waals surface area contributed by atoms with Gasteiger partial charge in [0, 0.05) is 11.4 Å². The van der Waals surface area contributed by atoms with E-state index in [2.05, 4.69) is 18.2 Å². The van der Waals surface area contributed by atoms with Crippen molar-refractivity contribution in [3.63, 3.8) is 0 Å². The summed E-state index contributed by atoms with van der Waals surface area (Å²) in [5.74, 6) is 0. The topological polar surface area (TPSA) is 35.1 Å². The first-order chi connectivity index (χ1) is 5.91. The smallest absolute Gasteiger partial charge is 0.136 e. The van der Waals surface area contributed by atoms with E-state index in [-0.39, 0.29) is 10.8 Å². The zero-order valence-electron chi connectivity index (χ0n) is 9.09. The second-order valence-electron chi connectivity index (χ2n) is 4.13. The molecular weight excluding hydrogens is 182 g/mol. The van der Waals surface area contributed by atoms with Crippen LogP contribution in [0.15, 0.2) is 12.7 Å². The number of nitrogens with one attached hydrogen (secondary N) is 1. The third-order valence-electron chi connectivity index (χ3n) is 1.77. The highest BCUT2D eigenvalue weighted by atomic mass is 32.2. The molecule has 0 amide bonds. The molecule has 0 saturated carbocycles. The van der Waals surface area contributed by atoms with Crippen molar-refractivity contribution < 1.29 is 4.55 Å². The van der Waals surface area contributed by atoms with Gasteiger partial charge in [-0.2, -0.15) is 0 Å². The van der Waals surface area contributed by atoms with Crippen LogP contribution in [0.1, 0.15) is 40.5 Å². The van der Waals surface area contributed by atoms with Crippen molar-refractivity contribution in [3.8, 4) is 0 Å². The second kappa shape index (κ2) is 5.68. The van der Waals surface area contributed by atoms with Gasteiger partial charge in [-0.25, -0.2) is 0 Å². The third kappa shape index (κ3) is 5.34. The maximum atomic E-state index is 11.7. The molecule has 2 nitrogen and oxygen atoms in total. The number of rotatable bonds is 5. The van der Waals surface area contributed by atoms with Gasteiger partial charge in [-0.05, 0) is 33.6 Å². The molecular formula is C10H21NOS. The van der Waals surface area contributed by atoms with Gasteiger partial charge in [0.05, 0.1) is 6.04 Å². The van der Waals surface area contributed by atoms with Gasteiger partial charge in [0.15, 0.2) is 0 Å². The summed E-state index contributed by atoms with van der Waals surface area (Å²) in [6, 6.07) is 0.289. The van der Waals surface area contributed by atoms with Crippen LogP contribution in [0.4, 0.5) is 0 Å². The predicted octanol–water partition coefficient (Wildman–Crippen LogP) is 2.39. The molecule has 0 heterocycles. The third-order valence-corrected chi connectivity index (χ3v) is 3.43. The minimum absolute atomic E-state index is 0.186. The highest BCUT2D eigenvalue weighted by Gasteiger charge is 2.28. The molecule has 0 fully saturated rings. The molecule has 0 aromatic rings. The van der Waals surface area contributed by atoms with E-state index < -0.39 is 11.4 Å². The molecule has 1 N–H and O–H groups in total. The van der Waals surface area contributed by atoms with Crippen molar-refractivity contribution in [1.82, 2.24) is 4.72 Å². The molecule has 13 heavy (non-hydrogen) atoms. The van der Waals surface area contributed by atoms with Gasteiger partial charge in [-0.1, -0.05) is 13.0 Å². The minimum atomic E-state index is -0.967. The van der Waals surface area contributed by atoms with Crippen LogP contribution in [0.2, 0.25) is 0 Å². The molecule has 78 valence electrons. The number of hydrogen-bond acceptors (Lipinski definition) is 2. The zero-order chi connectivity index (χ0) is 10.5. The molecule has 3 heteroatoms. The summed E-state index contributed by atoms with van der Waals surface area (Å²) in [7, 11) is 0. The van der Waals surface area contributed by atoms with Gasteiger partial charge < -0.3 is 4.55 Å². The Bertz CT molecular complexity index is 153. The predicted molar refractivity (Wildman–Crippen MR) is 59.9 cm³/mol. The van der Waals surface area contributed by atoms with Crippen molar-refractivity contribution in [2.75, 3.05) is 0 Å². The molecule has 0 rings (SSSR count). The Balaban J connectivity index is 4.00. The standard InChI is InChI=1S/C10H21NOS/c1-6-8-9(7-2)11-13(12)10(3,4)5/h6,9,11H,1,7-8H2,2-5H3. The lowest BCUT2D eigenvalue weighted by Crippen LogP contribution is -2.44. The van der Waals surface area contributed by atoms with Crippen molar-refractivity contribution in [3.05, 3.63) is 12.7 Å². The van der Waals surface area contributed by atoms with Gasteiger partial charge in [0.1, 0.15) is 4.75 Å². The van der Waals surface area contributed by atoms with E-state index in [1.54, 1.807) is 0 Å². The van der Waals surface area contributed by atoms with Crippen LogP contribution >= 0.6 is 0 Å². The fourth-order valence-electron chi connectivity index (χ4n) is 0.827. The molecule has 0 radical (unpaired) electrons. The molecule has 0 spiro atoms. The Kier molecular flexibility index (Phi) is 5.68. The Hall–Kier alpha value is 0.01000. The summed E-state index contributed by atoms with van der Waals surface area (Å²) in [4.78, 5) is 0. The molecule has 0 aliphatic rings. The lowest BCUT2D eigenvalue weighted by atomic mass is 10.2. The van der Waals surface area contributed by atoms with Crippen LogP contribution in [0.3, 0.4) is 0 Å². The summed E-state index contributed by atoms with van der Waals surface area (Å²) in [6.45, 7) is 11.7. The first-order valence-electron chi connectivity index (χ1n) is 4.70. The van der Waals surface area contributed by atoms with Gasteiger partial charge in [0.2, 0.25) is 0 Å².